The second-order valence-electron chi connectivity index (χ2n) is 11.6. The molecule has 8 aromatic rings. The first-order valence-electron chi connectivity index (χ1n) is 14.1. The van der Waals surface area contributed by atoms with Crippen LogP contribution >= 0.6 is 0 Å². The molecule has 0 amide bonds. The molecule has 0 fully saturated rings. The highest BCUT2D eigenvalue weighted by Gasteiger charge is 2.36. The van der Waals surface area contributed by atoms with Crippen molar-refractivity contribution < 1.29 is 0 Å². The van der Waals surface area contributed by atoms with Crippen LogP contribution in [0.1, 0.15) is 25.0 Å². The monoisotopic (exact) mass is 526 g/mol. The minimum Gasteiger partial charge on any atom is -0.278 e. The van der Waals surface area contributed by atoms with Crippen molar-refractivity contribution in [3.8, 4) is 28.3 Å². The first kappa shape index (κ1) is 22.6. The van der Waals surface area contributed by atoms with Crippen molar-refractivity contribution in [1.82, 2.24) is 19.2 Å². The maximum atomic E-state index is 5.28. The highest BCUT2D eigenvalue weighted by molar-refractivity contribution is 6.11. The standard InChI is InChI=1S/C37H26N4/c1-37(2)29-17-9-6-14-24(29)27-21-34-28(20-30(27)37)25-15-8-11-19-33(25)40(34)36-38-31-18-10-7-16-26(31)35-22-32(39-41(35)36)23-12-4-3-5-13-23/h3-22H,1-2H3. The van der Waals surface area contributed by atoms with E-state index in [1.54, 1.807) is 0 Å². The molecule has 9 rings (SSSR count). The molecule has 3 heterocycles. The molecule has 1 aliphatic rings. The summed E-state index contributed by atoms with van der Waals surface area (Å²) in [5.41, 5.74) is 11.6. The average molecular weight is 527 g/mol. The van der Waals surface area contributed by atoms with Crippen molar-refractivity contribution in [1.29, 1.82) is 0 Å². The van der Waals surface area contributed by atoms with Gasteiger partial charge in [-0.15, -0.1) is 0 Å². The van der Waals surface area contributed by atoms with E-state index in [0.717, 1.165) is 44.7 Å². The SMILES string of the molecule is CC1(C)c2ccccc2-c2cc3c(cc21)c1ccccc1n3-c1nc2ccccc2c2cc(-c3ccccc3)nn12. The third-order valence-electron chi connectivity index (χ3n) is 8.94. The van der Waals surface area contributed by atoms with E-state index in [2.05, 4.69) is 134 Å². The molecule has 3 aromatic heterocycles. The lowest BCUT2D eigenvalue weighted by Gasteiger charge is -2.21. The van der Waals surface area contributed by atoms with Crippen LogP contribution in [-0.2, 0) is 5.41 Å². The van der Waals surface area contributed by atoms with Gasteiger partial charge in [-0.25, -0.2) is 4.98 Å². The summed E-state index contributed by atoms with van der Waals surface area (Å²) in [6, 6.07) is 43.2. The van der Waals surface area contributed by atoms with Gasteiger partial charge in [-0.1, -0.05) is 105 Å². The van der Waals surface area contributed by atoms with Crippen LogP contribution in [0.15, 0.2) is 121 Å². The van der Waals surface area contributed by atoms with E-state index >= 15 is 0 Å². The van der Waals surface area contributed by atoms with Crippen molar-refractivity contribution >= 4 is 38.2 Å². The first-order chi connectivity index (χ1) is 20.1. The van der Waals surface area contributed by atoms with Crippen LogP contribution in [0.2, 0.25) is 0 Å². The van der Waals surface area contributed by atoms with Crippen LogP contribution in [0.25, 0.3) is 66.6 Å². The predicted octanol–water partition coefficient (Wildman–Crippen LogP) is 8.95. The maximum absolute atomic E-state index is 5.28. The third-order valence-corrected chi connectivity index (χ3v) is 8.94. The summed E-state index contributed by atoms with van der Waals surface area (Å²) in [6.45, 7) is 4.68. The molecule has 1 aliphatic carbocycles. The van der Waals surface area contributed by atoms with E-state index in [1.807, 2.05) is 10.6 Å². The Morgan fingerprint density at radius 3 is 2.17 bits per heavy atom. The Morgan fingerprint density at radius 2 is 1.29 bits per heavy atom. The van der Waals surface area contributed by atoms with E-state index in [4.69, 9.17) is 10.1 Å². The van der Waals surface area contributed by atoms with E-state index in [1.165, 1.54) is 33.0 Å². The Balaban J connectivity index is 1.43. The number of aromatic nitrogens is 4. The molecule has 0 N–H and O–H groups in total. The highest BCUT2D eigenvalue weighted by atomic mass is 15.3. The molecule has 0 saturated carbocycles. The average Bonchev–Trinajstić information content (AvgIpc) is 3.67. The van der Waals surface area contributed by atoms with E-state index in [0.29, 0.717) is 0 Å². The van der Waals surface area contributed by atoms with Crippen LogP contribution in [-0.4, -0.2) is 19.2 Å². The zero-order valence-electron chi connectivity index (χ0n) is 22.8. The van der Waals surface area contributed by atoms with Crippen LogP contribution in [0.5, 0.6) is 0 Å². The fourth-order valence-electron chi connectivity index (χ4n) is 6.94. The summed E-state index contributed by atoms with van der Waals surface area (Å²) in [5.74, 6) is 0.789. The number of hydrogen-bond acceptors (Lipinski definition) is 2. The van der Waals surface area contributed by atoms with Crippen molar-refractivity contribution in [2.45, 2.75) is 19.3 Å². The molecule has 0 spiro atoms. The quantitative estimate of drug-likeness (QED) is 0.225. The number of fused-ring (bicyclic) bond motifs is 9. The molecule has 0 saturated heterocycles. The lowest BCUT2D eigenvalue weighted by molar-refractivity contribution is 0.661. The molecule has 4 nitrogen and oxygen atoms in total. The Bertz CT molecular complexity index is 2340. The van der Waals surface area contributed by atoms with Gasteiger partial charge in [0.2, 0.25) is 5.95 Å². The molecule has 194 valence electrons. The lowest BCUT2D eigenvalue weighted by atomic mass is 9.82. The van der Waals surface area contributed by atoms with Gasteiger partial charge in [0.15, 0.2) is 0 Å². The summed E-state index contributed by atoms with van der Waals surface area (Å²) in [7, 11) is 0. The zero-order chi connectivity index (χ0) is 27.3. The van der Waals surface area contributed by atoms with Crippen molar-refractivity contribution in [3.05, 3.63) is 132 Å². The molecule has 0 aliphatic heterocycles. The molecule has 4 heteroatoms. The van der Waals surface area contributed by atoms with Crippen molar-refractivity contribution in [3.63, 3.8) is 0 Å². The second-order valence-corrected chi connectivity index (χ2v) is 11.6. The van der Waals surface area contributed by atoms with Gasteiger partial charge in [0, 0.05) is 27.1 Å². The van der Waals surface area contributed by atoms with E-state index in [-0.39, 0.29) is 5.41 Å². The van der Waals surface area contributed by atoms with Crippen LogP contribution in [0.3, 0.4) is 0 Å². The van der Waals surface area contributed by atoms with Crippen molar-refractivity contribution in [2.75, 3.05) is 0 Å². The zero-order valence-corrected chi connectivity index (χ0v) is 22.8. The fraction of sp³-hybridized carbons (Fsp3) is 0.0811. The number of benzene rings is 5. The lowest BCUT2D eigenvalue weighted by Crippen LogP contribution is -2.14. The van der Waals surface area contributed by atoms with E-state index < -0.39 is 0 Å². The minimum absolute atomic E-state index is 0.0651. The Hall–Kier alpha value is -5.22. The van der Waals surface area contributed by atoms with Gasteiger partial charge >= 0.3 is 0 Å². The second kappa shape index (κ2) is 7.92. The molecule has 0 unspecified atom stereocenters. The summed E-state index contributed by atoms with van der Waals surface area (Å²) >= 11 is 0. The van der Waals surface area contributed by atoms with Gasteiger partial charge in [-0.3, -0.25) is 4.57 Å². The number of rotatable bonds is 2. The van der Waals surface area contributed by atoms with Gasteiger partial charge in [-0.2, -0.15) is 9.61 Å². The van der Waals surface area contributed by atoms with Gasteiger partial charge in [0.25, 0.3) is 0 Å². The fourth-order valence-corrected chi connectivity index (χ4v) is 6.94. The van der Waals surface area contributed by atoms with Gasteiger partial charge < -0.3 is 0 Å². The van der Waals surface area contributed by atoms with Crippen LogP contribution in [0.4, 0.5) is 0 Å². The van der Waals surface area contributed by atoms with Gasteiger partial charge in [0.05, 0.1) is 27.8 Å². The molecular weight excluding hydrogens is 500 g/mol. The largest absolute Gasteiger partial charge is 0.278 e. The molecular formula is C37H26N4. The topological polar surface area (TPSA) is 35.1 Å². The first-order valence-corrected chi connectivity index (χ1v) is 14.1. The van der Waals surface area contributed by atoms with E-state index in [9.17, 15) is 0 Å². The molecule has 0 bridgehead atoms. The third kappa shape index (κ3) is 2.99. The molecule has 41 heavy (non-hydrogen) atoms. The summed E-state index contributed by atoms with van der Waals surface area (Å²) in [6.07, 6.45) is 0. The Morgan fingerprint density at radius 1 is 0.561 bits per heavy atom. The Kier molecular flexibility index (Phi) is 4.36. The van der Waals surface area contributed by atoms with Crippen LogP contribution < -0.4 is 0 Å². The number of nitrogens with zero attached hydrogens (tertiary/aromatic N) is 4. The van der Waals surface area contributed by atoms with Crippen molar-refractivity contribution in [2.24, 2.45) is 0 Å². The normalized spacial score (nSPS) is 13.8. The summed E-state index contributed by atoms with van der Waals surface area (Å²) in [5, 5.41) is 8.71. The smallest absolute Gasteiger partial charge is 0.237 e. The molecule has 5 aromatic carbocycles. The summed E-state index contributed by atoms with van der Waals surface area (Å²) in [4.78, 5) is 5.28. The number of para-hydroxylation sites is 2. The number of hydrogen-bond donors (Lipinski definition) is 0. The minimum atomic E-state index is -0.0651. The molecule has 0 radical (unpaired) electrons. The highest BCUT2D eigenvalue weighted by Crippen LogP contribution is 2.50. The Labute approximate surface area is 237 Å². The summed E-state index contributed by atoms with van der Waals surface area (Å²) < 4.78 is 4.34. The van der Waals surface area contributed by atoms with Gasteiger partial charge in [0.1, 0.15) is 0 Å². The maximum Gasteiger partial charge on any atom is 0.237 e. The van der Waals surface area contributed by atoms with Gasteiger partial charge in [-0.05, 0) is 52.6 Å². The predicted molar refractivity (Wildman–Crippen MR) is 168 cm³/mol. The van der Waals surface area contributed by atoms with Crippen LogP contribution in [0, 0.1) is 0 Å². The molecule has 0 atom stereocenters.